The van der Waals surface area contributed by atoms with E-state index in [9.17, 15) is 4.79 Å². The van der Waals surface area contributed by atoms with E-state index in [1.807, 2.05) is 42.7 Å². The maximum Gasteiger partial charge on any atom is 0.261 e. The summed E-state index contributed by atoms with van der Waals surface area (Å²) in [7, 11) is 1.55. The lowest BCUT2D eigenvalue weighted by molar-refractivity contribution is 0.102. The number of ether oxygens (including phenoxy) is 1. The van der Waals surface area contributed by atoms with Gasteiger partial charge in [0.25, 0.3) is 5.91 Å². The monoisotopic (exact) mass is 331 g/mol. The van der Waals surface area contributed by atoms with Gasteiger partial charge in [-0.2, -0.15) is 0 Å². The summed E-state index contributed by atoms with van der Waals surface area (Å²) in [5.74, 6) is 0.275. The molecule has 0 aliphatic rings. The molecule has 112 valence electrons. The second-order valence-corrected chi connectivity index (χ2v) is 6.46. The molecule has 2 aromatic carbocycles. The standard InChI is InChI=1S/C15H13N3O2S2/c1-20-12-8-10-6-4-3-5-9(10)7-11(12)13(19)16-14-17-18-15(21-2)22-14/h3-8H,1-2H3,(H,16,17,19). The minimum atomic E-state index is -0.258. The van der Waals surface area contributed by atoms with Crippen molar-refractivity contribution < 1.29 is 9.53 Å². The molecule has 0 aliphatic heterocycles. The van der Waals surface area contributed by atoms with Crippen LogP contribution in [0.5, 0.6) is 5.75 Å². The Morgan fingerprint density at radius 3 is 2.59 bits per heavy atom. The van der Waals surface area contributed by atoms with E-state index in [1.165, 1.54) is 23.1 Å². The van der Waals surface area contributed by atoms with Gasteiger partial charge in [0.1, 0.15) is 5.75 Å². The average Bonchev–Trinajstić information content (AvgIpc) is 3.01. The van der Waals surface area contributed by atoms with Crippen LogP contribution in [0.1, 0.15) is 10.4 Å². The normalized spacial score (nSPS) is 10.6. The van der Waals surface area contributed by atoms with Gasteiger partial charge in [0.05, 0.1) is 12.7 Å². The second-order valence-electron chi connectivity index (χ2n) is 4.43. The maximum atomic E-state index is 12.5. The van der Waals surface area contributed by atoms with Gasteiger partial charge in [0, 0.05) is 0 Å². The molecule has 0 spiro atoms. The number of aromatic nitrogens is 2. The van der Waals surface area contributed by atoms with E-state index in [-0.39, 0.29) is 5.91 Å². The van der Waals surface area contributed by atoms with Crippen molar-refractivity contribution in [2.24, 2.45) is 0 Å². The maximum absolute atomic E-state index is 12.5. The number of nitrogens with zero attached hydrogens (tertiary/aromatic N) is 2. The predicted molar refractivity (Wildman–Crippen MR) is 90.1 cm³/mol. The molecule has 1 aromatic heterocycles. The highest BCUT2D eigenvalue weighted by molar-refractivity contribution is 8.00. The van der Waals surface area contributed by atoms with Gasteiger partial charge in [0.15, 0.2) is 4.34 Å². The summed E-state index contributed by atoms with van der Waals surface area (Å²) in [5, 5.41) is 13.2. The number of hydrogen-bond acceptors (Lipinski definition) is 6. The van der Waals surface area contributed by atoms with Gasteiger partial charge in [-0.3, -0.25) is 10.1 Å². The molecule has 1 amide bonds. The minimum absolute atomic E-state index is 0.258. The largest absolute Gasteiger partial charge is 0.496 e. The molecular formula is C15H13N3O2S2. The lowest BCUT2D eigenvalue weighted by Crippen LogP contribution is -2.13. The lowest BCUT2D eigenvalue weighted by atomic mass is 10.1. The molecular weight excluding hydrogens is 318 g/mol. The molecule has 0 saturated carbocycles. The Morgan fingerprint density at radius 2 is 1.95 bits per heavy atom. The van der Waals surface area contributed by atoms with Gasteiger partial charge in [-0.25, -0.2) is 0 Å². The van der Waals surface area contributed by atoms with E-state index in [0.717, 1.165) is 15.1 Å². The molecule has 3 rings (SSSR count). The van der Waals surface area contributed by atoms with Crippen LogP contribution in [0.3, 0.4) is 0 Å². The Morgan fingerprint density at radius 1 is 1.23 bits per heavy atom. The first kappa shape index (κ1) is 14.8. The number of thioether (sulfide) groups is 1. The van der Waals surface area contributed by atoms with Crippen molar-refractivity contribution in [1.29, 1.82) is 0 Å². The third kappa shape index (κ3) is 2.90. The number of methoxy groups -OCH3 is 1. The molecule has 0 bridgehead atoms. The zero-order valence-electron chi connectivity index (χ0n) is 12.0. The molecule has 7 heteroatoms. The van der Waals surface area contributed by atoms with E-state index in [1.54, 1.807) is 7.11 Å². The molecule has 22 heavy (non-hydrogen) atoms. The Balaban J connectivity index is 1.95. The van der Waals surface area contributed by atoms with E-state index < -0.39 is 0 Å². The number of nitrogens with one attached hydrogen (secondary N) is 1. The summed E-state index contributed by atoms with van der Waals surface area (Å²) in [5.41, 5.74) is 0.474. The van der Waals surface area contributed by atoms with Crippen molar-refractivity contribution in [3.05, 3.63) is 42.0 Å². The SMILES string of the molecule is COc1cc2ccccc2cc1C(=O)Nc1nnc(SC)s1. The van der Waals surface area contributed by atoms with Crippen LogP contribution in [0.2, 0.25) is 0 Å². The molecule has 0 fully saturated rings. The molecule has 0 unspecified atom stereocenters. The van der Waals surface area contributed by atoms with Crippen LogP contribution in [0.25, 0.3) is 10.8 Å². The van der Waals surface area contributed by atoms with Crippen molar-refractivity contribution in [1.82, 2.24) is 10.2 Å². The minimum Gasteiger partial charge on any atom is -0.496 e. The molecule has 1 heterocycles. The quantitative estimate of drug-likeness (QED) is 0.584. The summed E-state index contributed by atoms with van der Waals surface area (Å²) in [6, 6.07) is 11.5. The zero-order valence-corrected chi connectivity index (χ0v) is 13.6. The summed E-state index contributed by atoms with van der Waals surface area (Å²) >= 11 is 2.83. The van der Waals surface area contributed by atoms with Crippen LogP contribution in [-0.4, -0.2) is 29.5 Å². The summed E-state index contributed by atoms with van der Waals surface area (Å²) in [4.78, 5) is 12.5. The number of rotatable bonds is 4. The van der Waals surface area contributed by atoms with Crippen LogP contribution in [0.4, 0.5) is 5.13 Å². The fraction of sp³-hybridized carbons (Fsp3) is 0.133. The Hall–Kier alpha value is -2.12. The summed E-state index contributed by atoms with van der Waals surface area (Å²) in [6.07, 6.45) is 1.92. The molecule has 0 aliphatic carbocycles. The van der Waals surface area contributed by atoms with E-state index in [0.29, 0.717) is 16.4 Å². The number of anilines is 1. The third-order valence-electron chi connectivity index (χ3n) is 3.11. The van der Waals surface area contributed by atoms with Crippen molar-refractivity contribution in [2.75, 3.05) is 18.7 Å². The Bertz CT molecular complexity index is 833. The van der Waals surface area contributed by atoms with Crippen LogP contribution in [-0.2, 0) is 0 Å². The summed E-state index contributed by atoms with van der Waals surface area (Å²) in [6.45, 7) is 0. The van der Waals surface area contributed by atoms with Crippen molar-refractivity contribution in [3.8, 4) is 5.75 Å². The first-order chi connectivity index (χ1) is 10.7. The van der Waals surface area contributed by atoms with Gasteiger partial charge >= 0.3 is 0 Å². The zero-order chi connectivity index (χ0) is 15.5. The second kappa shape index (κ2) is 6.33. The van der Waals surface area contributed by atoms with Gasteiger partial charge in [-0.1, -0.05) is 47.4 Å². The van der Waals surface area contributed by atoms with Crippen molar-refractivity contribution in [3.63, 3.8) is 0 Å². The highest BCUT2D eigenvalue weighted by Crippen LogP contribution is 2.28. The Kier molecular flexibility index (Phi) is 4.26. The van der Waals surface area contributed by atoms with Gasteiger partial charge in [-0.15, -0.1) is 10.2 Å². The third-order valence-corrected chi connectivity index (χ3v) is 4.93. The molecule has 5 nitrogen and oxygen atoms in total. The lowest BCUT2D eigenvalue weighted by Gasteiger charge is -2.09. The smallest absolute Gasteiger partial charge is 0.261 e. The number of hydrogen-bond donors (Lipinski definition) is 1. The number of carbonyl (C=O) groups is 1. The molecule has 3 aromatic rings. The number of amides is 1. The highest BCUT2D eigenvalue weighted by atomic mass is 32.2. The number of benzene rings is 2. The molecule has 0 atom stereocenters. The van der Waals surface area contributed by atoms with Crippen molar-refractivity contribution >= 4 is 44.9 Å². The van der Waals surface area contributed by atoms with Crippen LogP contribution in [0, 0.1) is 0 Å². The first-order valence-corrected chi connectivity index (χ1v) is 8.51. The van der Waals surface area contributed by atoms with Crippen molar-refractivity contribution in [2.45, 2.75) is 4.34 Å². The van der Waals surface area contributed by atoms with Gasteiger partial charge in [0.2, 0.25) is 5.13 Å². The van der Waals surface area contributed by atoms with Crippen LogP contribution >= 0.6 is 23.1 Å². The number of fused-ring (bicyclic) bond motifs is 1. The van der Waals surface area contributed by atoms with E-state index in [2.05, 4.69) is 15.5 Å². The van der Waals surface area contributed by atoms with Gasteiger partial charge < -0.3 is 4.74 Å². The molecule has 0 radical (unpaired) electrons. The summed E-state index contributed by atoms with van der Waals surface area (Å²) < 4.78 is 6.15. The predicted octanol–water partition coefficient (Wildman–Crippen LogP) is 3.67. The fourth-order valence-corrected chi connectivity index (χ4v) is 3.24. The number of carbonyl (C=O) groups excluding carboxylic acids is 1. The Labute approximate surface area is 135 Å². The molecule has 0 saturated heterocycles. The van der Waals surface area contributed by atoms with Crippen LogP contribution in [0.15, 0.2) is 40.7 Å². The topological polar surface area (TPSA) is 64.1 Å². The first-order valence-electron chi connectivity index (χ1n) is 6.47. The highest BCUT2D eigenvalue weighted by Gasteiger charge is 2.15. The fourth-order valence-electron chi connectivity index (χ4n) is 2.07. The van der Waals surface area contributed by atoms with Crippen LogP contribution < -0.4 is 10.1 Å². The van der Waals surface area contributed by atoms with E-state index >= 15 is 0 Å². The van der Waals surface area contributed by atoms with Gasteiger partial charge in [-0.05, 0) is 29.2 Å². The molecule has 1 N–H and O–H groups in total. The van der Waals surface area contributed by atoms with E-state index in [4.69, 9.17) is 4.74 Å². The average molecular weight is 331 g/mol.